The van der Waals surface area contributed by atoms with Crippen molar-refractivity contribution in [2.45, 2.75) is 25.8 Å². The van der Waals surface area contributed by atoms with Crippen LogP contribution < -0.4 is 5.73 Å². The van der Waals surface area contributed by atoms with E-state index in [1.54, 1.807) is 0 Å². The van der Waals surface area contributed by atoms with Gasteiger partial charge in [0, 0.05) is 17.8 Å². The number of nitrogens with two attached hydrogens (primary N) is 1. The first kappa shape index (κ1) is 11.4. The largest absolute Gasteiger partial charge is 0.388 e. The summed E-state index contributed by atoms with van der Waals surface area (Å²) in [5.74, 6) is 0.994. The zero-order chi connectivity index (χ0) is 12.5. The van der Waals surface area contributed by atoms with Crippen LogP contribution in [-0.4, -0.2) is 14.5 Å². The predicted molar refractivity (Wildman–Crippen MR) is 76.5 cm³/mol. The van der Waals surface area contributed by atoms with Crippen LogP contribution in [0.2, 0.25) is 0 Å². The van der Waals surface area contributed by atoms with Gasteiger partial charge in [-0.25, -0.2) is 4.98 Å². The Bertz CT molecular complexity index is 587. The van der Waals surface area contributed by atoms with E-state index in [1.165, 1.54) is 18.5 Å². The zero-order valence-corrected chi connectivity index (χ0v) is 10.9. The van der Waals surface area contributed by atoms with Crippen molar-refractivity contribution in [3.63, 3.8) is 0 Å². The molecule has 0 aliphatic carbocycles. The molecule has 0 saturated heterocycles. The first-order chi connectivity index (χ1) is 8.77. The maximum absolute atomic E-state index is 5.78. The molecule has 0 atom stereocenters. The summed E-state index contributed by atoms with van der Waals surface area (Å²) < 4.78 is 2.27. The molecule has 0 fully saturated rings. The van der Waals surface area contributed by atoms with Crippen molar-refractivity contribution in [2.75, 3.05) is 0 Å². The Balaban J connectivity index is 2.18. The minimum Gasteiger partial charge on any atom is -0.388 e. The van der Waals surface area contributed by atoms with Crippen LogP contribution in [-0.2, 0) is 13.0 Å². The third-order valence-electron chi connectivity index (χ3n) is 3.38. The maximum atomic E-state index is 5.78. The molecule has 2 N–H and O–H groups in total. The second-order valence-corrected chi connectivity index (χ2v) is 5.01. The number of nitrogens with zero attached hydrogens (tertiary/aromatic N) is 2. The molecule has 2 heterocycles. The fraction of sp³-hybridized carbons (Fsp3) is 0.286. The molecule has 1 aromatic carbocycles. The molecule has 18 heavy (non-hydrogen) atoms. The van der Waals surface area contributed by atoms with Gasteiger partial charge in [0.1, 0.15) is 16.5 Å². The van der Waals surface area contributed by atoms with E-state index in [9.17, 15) is 0 Å². The van der Waals surface area contributed by atoms with Gasteiger partial charge in [0.2, 0.25) is 0 Å². The van der Waals surface area contributed by atoms with E-state index in [-0.39, 0.29) is 0 Å². The van der Waals surface area contributed by atoms with Gasteiger partial charge in [-0.05, 0) is 19.3 Å². The van der Waals surface area contributed by atoms with Crippen LogP contribution in [0.15, 0.2) is 30.3 Å². The highest BCUT2D eigenvalue weighted by molar-refractivity contribution is 7.80. The number of rotatable bonds is 2. The number of thiocarbonyl (C=S) groups is 1. The summed E-state index contributed by atoms with van der Waals surface area (Å²) in [5, 5.41) is 0. The lowest BCUT2D eigenvalue weighted by Gasteiger charge is -2.17. The number of fused-ring (bicyclic) bond motifs is 1. The predicted octanol–water partition coefficient (Wildman–Crippen LogP) is 2.52. The minimum atomic E-state index is 0.405. The molecule has 0 radical (unpaired) electrons. The van der Waals surface area contributed by atoms with Crippen molar-refractivity contribution in [1.82, 2.24) is 9.55 Å². The fourth-order valence-corrected chi connectivity index (χ4v) is 2.71. The standard InChI is InChI=1S/C14H15N3S/c15-13(18)12-11-8-4-5-9-17(11)14(16-12)10-6-2-1-3-7-10/h1-3,6-7H,4-5,8-9H2,(H2,15,18). The van der Waals surface area contributed by atoms with E-state index in [0.29, 0.717) is 4.99 Å². The lowest BCUT2D eigenvalue weighted by atomic mass is 10.1. The third kappa shape index (κ3) is 1.82. The Labute approximate surface area is 112 Å². The Morgan fingerprint density at radius 2 is 2.00 bits per heavy atom. The molecule has 0 saturated carbocycles. The molecule has 0 unspecified atom stereocenters. The summed E-state index contributed by atoms with van der Waals surface area (Å²) in [7, 11) is 0. The molecule has 3 rings (SSSR count). The van der Waals surface area contributed by atoms with Crippen LogP contribution in [0.5, 0.6) is 0 Å². The monoisotopic (exact) mass is 257 g/mol. The van der Waals surface area contributed by atoms with Gasteiger partial charge < -0.3 is 10.3 Å². The van der Waals surface area contributed by atoms with Gasteiger partial charge >= 0.3 is 0 Å². The highest BCUT2D eigenvalue weighted by atomic mass is 32.1. The lowest BCUT2D eigenvalue weighted by Crippen LogP contribution is -2.16. The van der Waals surface area contributed by atoms with Crippen molar-refractivity contribution in [2.24, 2.45) is 5.73 Å². The molecule has 1 aliphatic heterocycles. The van der Waals surface area contributed by atoms with Crippen LogP contribution >= 0.6 is 12.2 Å². The van der Waals surface area contributed by atoms with E-state index in [4.69, 9.17) is 18.0 Å². The molecule has 1 aromatic heterocycles. The van der Waals surface area contributed by atoms with E-state index >= 15 is 0 Å². The number of imidazole rings is 1. The number of hydrogen-bond acceptors (Lipinski definition) is 2. The topological polar surface area (TPSA) is 43.8 Å². The van der Waals surface area contributed by atoms with Crippen molar-refractivity contribution < 1.29 is 0 Å². The molecule has 92 valence electrons. The smallest absolute Gasteiger partial charge is 0.140 e. The summed E-state index contributed by atoms with van der Waals surface area (Å²) in [5.41, 5.74) is 8.92. The second-order valence-electron chi connectivity index (χ2n) is 4.57. The molecular weight excluding hydrogens is 242 g/mol. The van der Waals surface area contributed by atoms with E-state index < -0.39 is 0 Å². The molecule has 3 nitrogen and oxygen atoms in total. The van der Waals surface area contributed by atoms with Crippen molar-refractivity contribution in [1.29, 1.82) is 0 Å². The fourth-order valence-electron chi connectivity index (χ4n) is 2.55. The molecular formula is C14H15N3S. The average molecular weight is 257 g/mol. The van der Waals surface area contributed by atoms with Gasteiger partial charge in [-0.2, -0.15) is 0 Å². The van der Waals surface area contributed by atoms with Gasteiger partial charge in [0.05, 0.1) is 0 Å². The van der Waals surface area contributed by atoms with Gasteiger partial charge in [-0.1, -0.05) is 42.5 Å². The van der Waals surface area contributed by atoms with Crippen LogP contribution in [0.3, 0.4) is 0 Å². The molecule has 2 aromatic rings. The van der Waals surface area contributed by atoms with Gasteiger partial charge in [0.25, 0.3) is 0 Å². The van der Waals surface area contributed by atoms with E-state index in [0.717, 1.165) is 30.0 Å². The van der Waals surface area contributed by atoms with E-state index in [1.807, 2.05) is 18.2 Å². The highest BCUT2D eigenvalue weighted by Gasteiger charge is 2.21. The summed E-state index contributed by atoms with van der Waals surface area (Å²) in [4.78, 5) is 5.06. The average Bonchev–Trinajstić information content (AvgIpc) is 2.79. The van der Waals surface area contributed by atoms with Crippen LogP contribution in [0.4, 0.5) is 0 Å². The first-order valence-electron chi connectivity index (χ1n) is 6.22. The first-order valence-corrected chi connectivity index (χ1v) is 6.63. The van der Waals surface area contributed by atoms with Gasteiger partial charge in [0.15, 0.2) is 0 Å². The SMILES string of the molecule is NC(=S)c1nc(-c2ccccc2)n2c1CCCC2. The number of benzene rings is 1. The van der Waals surface area contributed by atoms with Crippen LogP contribution in [0.1, 0.15) is 24.2 Å². The van der Waals surface area contributed by atoms with Crippen LogP contribution in [0, 0.1) is 0 Å². The summed E-state index contributed by atoms with van der Waals surface area (Å²) in [6, 6.07) is 10.2. The quantitative estimate of drug-likeness (QED) is 0.841. The summed E-state index contributed by atoms with van der Waals surface area (Å²) in [6.45, 7) is 1.01. The molecule has 0 amide bonds. The summed E-state index contributed by atoms with van der Waals surface area (Å²) in [6.07, 6.45) is 3.40. The van der Waals surface area contributed by atoms with Crippen molar-refractivity contribution in [3.05, 3.63) is 41.7 Å². The Morgan fingerprint density at radius 3 is 2.72 bits per heavy atom. The number of aromatic nitrogens is 2. The van der Waals surface area contributed by atoms with Crippen LogP contribution in [0.25, 0.3) is 11.4 Å². The molecule has 0 spiro atoms. The Kier molecular flexibility index (Phi) is 2.88. The van der Waals surface area contributed by atoms with Gasteiger partial charge in [-0.3, -0.25) is 0 Å². The normalized spacial score (nSPS) is 14.2. The van der Waals surface area contributed by atoms with Crippen molar-refractivity contribution >= 4 is 17.2 Å². The lowest BCUT2D eigenvalue weighted by molar-refractivity contribution is 0.536. The molecule has 1 aliphatic rings. The summed E-state index contributed by atoms with van der Waals surface area (Å²) >= 11 is 5.11. The maximum Gasteiger partial charge on any atom is 0.140 e. The number of hydrogen-bond donors (Lipinski definition) is 1. The molecule has 4 heteroatoms. The zero-order valence-electron chi connectivity index (χ0n) is 10.1. The second kappa shape index (κ2) is 4.53. The van der Waals surface area contributed by atoms with Crippen molar-refractivity contribution in [3.8, 4) is 11.4 Å². The minimum absolute atomic E-state index is 0.405. The molecule has 0 bridgehead atoms. The Morgan fingerprint density at radius 1 is 1.22 bits per heavy atom. The van der Waals surface area contributed by atoms with E-state index in [2.05, 4.69) is 21.7 Å². The third-order valence-corrected chi connectivity index (χ3v) is 3.58. The highest BCUT2D eigenvalue weighted by Crippen LogP contribution is 2.27. The van der Waals surface area contributed by atoms with Gasteiger partial charge in [-0.15, -0.1) is 0 Å². The Hall–Kier alpha value is -1.68.